The number of para-hydroxylation sites is 4. The van der Waals surface area contributed by atoms with E-state index in [4.69, 9.17) is 18.8 Å². The Bertz CT molecular complexity index is 3130. The van der Waals surface area contributed by atoms with Crippen LogP contribution >= 0.6 is 0 Å². The van der Waals surface area contributed by atoms with E-state index >= 15 is 0 Å². The van der Waals surface area contributed by atoms with Gasteiger partial charge < -0.3 is 13.4 Å². The summed E-state index contributed by atoms with van der Waals surface area (Å²) in [6.45, 7) is 0. The summed E-state index contributed by atoms with van der Waals surface area (Å²) in [6, 6.07) is 56.6. The molecule has 0 aliphatic rings. The first-order valence-electron chi connectivity index (χ1n) is 17.1. The highest BCUT2D eigenvalue weighted by atomic mass is 16.3. The molecule has 11 aromatic rings. The van der Waals surface area contributed by atoms with E-state index in [2.05, 4.69) is 108 Å². The summed E-state index contributed by atoms with van der Waals surface area (Å²) in [6.07, 6.45) is 0. The Balaban J connectivity index is 1.19. The molecule has 0 bridgehead atoms. The van der Waals surface area contributed by atoms with Crippen LogP contribution in [0.15, 0.2) is 173 Å². The van der Waals surface area contributed by atoms with Crippen LogP contribution in [0, 0.1) is 0 Å². The Morgan fingerprint density at radius 2 is 1.12 bits per heavy atom. The number of fused-ring (bicyclic) bond motifs is 9. The second kappa shape index (κ2) is 10.8. The Kier molecular flexibility index (Phi) is 5.89. The average molecular weight is 654 g/mol. The lowest BCUT2D eigenvalue weighted by molar-refractivity contribution is 0.668. The zero-order chi connectivity index (χ0) is 33.5. The van der Waals surface area contributed by atoms with Gasteiger partial charge in [0.1, 0.15) is 28.0 Å². The van der Waals surface area contributed by atoms with E-state index in [1.165, 1.54) is 16.3 Å². The second-order valence-corrected chi connectivity index (χ2v) is 12.9. The SMILES string of the molecule is c1ccc(-c2nc(-c3cccc4oc5ccccc5c34)c3oc4c(-c5ccc6c(c5)c5ccccc5n6-c5ccccc5)cccc4c3n2)cc1. The molecule has 0 amide bonds. The third-order valence-electron chi connectivity index (χ3n) is 10.0. The smallest absolute Gasteiger partial charge is 0.180 e. The molecule has 238 valence electrons. The summed E-state index contributed by atoms with van der Waals surface area (Å²) in [4.78, 5) is 10.4. The van der Waals surface area contributed by atoms with E-state index in [-0.39, 0.29) is 0 Å². The summed E-state index contributed by atoms with van der Waals surface area (Å²) >= 11 is 0. The molecule has 0 aliphatic heterocycles. The van der Waals surface area contributed by atoms with Gasteiger partial charge in [-0.05, 0) is 54.1 Å². The highest BCUT2D eigenvalue weighted by Crippen LogP contribution is 2.44. The molecule has 51 heavy (non-hydrogen) atoms. The van der Waals surface area contributed by atoms with E-state index in [0.717, 1.165) is 77.6 Å². The summed E-state index contributed by atoms with van der Waals surface area (Å²) in [5, 5.41) is 5.38. The monoisotopic (exact) mass is 653 g/mol. The zero-order valence-corrected chi connectivity index (χ0v) is 27.2. The van der Waals surface area contributed by atoms with Gasteiger partial charge in [0.25, 0.3) is 0 Å². The number of furan rings is 2. The van der Waals surface area contributed by atoms with Crippen molar-refractivity contribution < 1.29 is 8.83 Å². The standard InChI is InChI=1S/C46H27N3O2/c1-3-13-28(14-4-1)46-47-42(34-20-12-24-40-41(34)33-18-8-10-23-39(33)50-40)45-43(48-46)35-21-11-19-31(44(35)51-45)29-25-26-38-36(27-29)32-17-7-9-22-37(32)49(38)30-15-5-2-6-16-30/h1-27H. The van der Waals surface area contributed by atoms with Crippen molar-refractivity contribution in [3.63, 3.8) is 0 Å². The van der Waals surface area contributed by atoms with Crippen LogP contribution in [-0.4, -0.2) is 14.5 Å². The Labute approximate surface area is 291 Å². The fraction of sp³-hybridized carbons (Fsp3) is 0. The van der Waals surface area contributed by atoms with Gasteiger partial charge in [-0.25, -0.2) is 9.97 Å². The number of aromatic nitrogens is 3. The molecular formula is C46H27N3O2. The first-order chi connectivity index (χ1) is 25.3. The molecule has 5 nitrogen and oxygen atoms in total. The normalized spacial score (nSPS) is 11.9. The van der Waals surface area contributed by atoms with Gasteiger partial charge in [-0.15, -0.1) is 0 Å². The fourth-order valence-corrected chi connectivity index (χ4v) is 7.76. The second-order valence-electron chi connectivity index (χ2n) is 12.9. The van der Waals surface area contributed by atoms with Crippen molar-refractivity contribution in [3.05, 3.63) is 164 Å². The Morgan fingerprint density at radius 3 is 2.00 bits per heavy atom. The summed E-state index contributed by atoms with van der Waals surface area (Å²) < 4.78 is 15.6. The van der Waals surface area contributed by atoms with Crippen LogP contribution in [0.2, 0.25) is 0 Å². The van der Waals surface area contributed by atoms with Crippen molar-refractivity contribution in [3.8, 4) is 39.5 Å². The summed E-state index contributed by atoms with van der Waals surface area (Å²) in [5.41, 5.74) is 12.0. The van der Waals surface area contributed by atoms with Crippen molar-refractivity contribution in [2.75, 3.05) is 0 Å². The maximum atomic E-state index is 6.97. The van der Waals surface area contributed by atoms with Crippen LogP contribution in [0.5, 0.6) is 0 Å². The van der Waals surface area contributed by atoms with E-state index < -0.39 is 0 Å². The average Bonchev–Trinajstić information content (AvgIpc) is 3.88. The minimum atomic E-state index is 0.645. The number of benzene rings is 7. The molecule has 0 unspecified atom stereocenters. The van der Waals surface area contributed by atoms with Gasteiger partial charge in [-0.1, -0.05) is 115 Å². The quantitative estimate of drug-likeness (QED) is 0.190. The molecule has 0 spiro atoms. The van der Waals surface area contributed by atoms with Gasteiger partial charge in [0.2, 0.25) is 0 Å². The van der Waals surface area contributed by atoms with Crippen molar-refractivity contribution in [2.24, 2.45) is 0 Å². The third-order valence-corrected chi connectivity index (χ3v) is 10.0. The van der Waals surface area contributed by atoms with Crippen LogP contribution < -0.4 is 0 Å². The lowest BCUT2D eigenvalue weighted by atomic mass is 10.0. The van der Waals surface area contributed by atoms with Crippen molar-refractivity contribution in [1.29, 1.82) is 0 Å². The molecule has 5 heteroatoms. The minimum Gasteiger partial charge on any atom is -0.456 e. The predicted molar refractivity (Wildman–Crippen MR) is 207 cm³/mol. The largest absolute Gasteiger partial charge is 0.456 e. The maximum Gasteiger partial charge on any atom is 0.180 e. The Hall–Kier alpha value is -6.98. The number of nitrogens with zero attached hydrogens (tertiary/aromatic N) is 3. The van der Waals surface area contributed by atoms with Crippen LogP contribution in [0.25, 0.3) is 105 Å². The predicted octanol–water partition coefficient (Wildman–Crippen LogP) is 12.4. The third kappa shape index (κ3) is 4.15. The van der Waals surface area contributed by atoms with Gasteiger partial charge in [0.05, 0.1) is 11.0 Å². The van der Waals surface area contributed by atoms with Crippen LogP contribution in [0.1, 0.15) is 0 Å². The molecule has 0 atom stereocenters. The summed E-state index contributed by atoms with van der Waals surface area (Å²) in [5.74, 6) is 0.645. The lowest BCUT2D eigenvalue weighted by Gasteiger charge is -2.08. The van der Waals surface area contributed by atoms with Gasteiger partial charge in [-0.3, -0.25) is 0 Å². The van der Waals surface area contributed by atoms with Crippen molar-refractivity contribution in [1.82, 2.24) is 14.5 Å². The molecular weight excluding hydrogens is 627 g/mol. The molecule has 0 aliphatic carbocycles. The molecule has 0 radical (unpaired) electrons. The van der Waals surface area contributed by atoms with Gasteiger partial charge in [-0.2, -0.15) is 0 Å². The molecule has 4 heterocycles. The van der Waals surface area contributed by atoms with Gasteiger partial charge in [0, 0.05) is 49.3 Å². The molecule has 11 rings (SSSR count). The van der Waals surface area contributed by atoms with E-state index in [9.17, 15) is 0 Å². The first-order valence-corrected chi connectivity index (χ1v) is 17.1. The molecule has 0 N–H and O–H groups in total. The molecule has 0 saturated heterocycles. The Morgan fingerprint density at radius 1 is 0.431 bits per heavy atom. The number of hydrogen-bond donors (Lipinski definition) is 0. The minimum absolute atomic E-state index is 0.645. The number of hydrogen-bond acceptors (Lipinski definition) is 4. The highest BCUT2D eigenvalue weighted by Gasteiger charge is 2.23. The first kappa shape index (κ1) is 27.9. The summed E-state index contributed by atoms with van der Waals surface area (Å²) in [7, 11) is 0. The van der Waals surface area contributed by atoms with Crippen molar-refractivity contribution >= 4 is 65.8 Å². The van der Waals surface area contributed by atoms with Crippen LogP contribution in [0.3, 0.4) is 0 Å². The molecule has 0 fully saturated rings. The van der Waals surface area contributed by atoms with Crippen molar-refractivity contribution in [2.45, 2.75) is 0 Å². The topological polar surface area (TPSA) is 57.0 Å². The molecule has 0 saturated carbocycles. The van der Waals surface area contributed by atoms with E-state index in [1.54, 1.807) is 0 Å². The number of rotatable bonds is 4. The maximum absolute atomic E-state index is 6.97. The zero-order valence-electron chi connectivity index (χ0n) is 27.2. The van der Waals surface area contributed by atoms with E-state index in [1.807, 2.05) is 60.7 Å². The van der Waals surface area contributed by atoms with Gasteiger partial charge in [0.15, 0.2) is 11.4 Å². The highest BCUT2D eigenvalue weighted by molar-refractivity contribution is 6.17. The fourth-order valence-electron chi connectivity index (χ4n) is 7.76. The van der Waals surface area contributed by atoms with E-state index in [0.29, 0.717) is 11.4 Å². The molecule has 7 aromatic carbocycles. The molecule has 4 aromatic heterocycles. The van der Waals surface area contributed by atoms with Crippen LogP contribution in [-0.2, 0) is 0 Å². The van der Waals surface area contributed by atoms with Crippen LogP contribution in [0.4, 0.5) is 0 Å². The lowest BCUT2D eigenvalue weighted by Crippen LogP contribution is -1.94. The van der Waals surface area contributed by atoms with Gasteiger partial charge >= 0.3 is 0 Å².